The first-order chi connectivity index (χ1) is 10.1. The Balaban J connectivity index is 2.20. The third-order valence-corrected chi connectivity index (χ3v) is 3.52. The van der Waals surface area contributed by atoms with Crippen molar-refractivity contribution in [2.75, 3.05) is 11.9 Å². The van der Waals surface area contributed by atoms with E-state index in [4.69, 9.17) is 4.74 Å². The summed E-state index contributed by atoms with van der Waals surface area (Å²) < 4.78 is 6.62. The molecule has 0 aliphatic rings. The number of benzene rings is 2. The number of ether oxygens (including phenoxy) is 1. The summed E-state index contributed by atoms with van der Waals surface area (Å²) in [7, 11) is 0. The predicted molar refractivity (Wildman–Crippen MR) is 89.1 cm³/mol. The molecule has 0 aromatic heterocycles. The van der Waals surface area contributed by atoms with Gasteiger partial charge in [-0.05, 0) is 49.2 Å². The smallest absolute Gasteiger partial charge is 0.259 e. The molecule has 0 aliphatic carbocycles. The molecule has 0 aliphatic heterocycles. The van der Waals surface area contributed by atoms with Crippen molar-refractivity contribution in [3.05, 3.63) is 58.1 Å². The number of nitrogens with one attached hydrogen (secondary N) is 1. The zero-order chi connectivity index (χ0) is 15.2. The quantitative estimate of drug-likeness (QED) is 0.843. The molecule has 3 nitrogen and oxygen atoms in total. The molecule has 0 bridgehead atoms. The lowest BCUT2D eigenvalue weighted by Crippen LogP contribution is -2.14. The van der Waals surface area contributed by atoms with Crippen molar-refractivity contribution in [3.63, 3.8) is 0 Å². The minimum Gasteiger partial charge on any atom is -0.493 e. The van der Waals surface area contributed by atoms with Crippen LogP contribution in [0.4, 0.5) is 5.69 Å². The highest BCUT2D eigenvalue weighted by Crippen LogP contribution is 2.23. The Morgan fingerprint density at radius 3 is 2.71 bits per heavy atom. The summed E-state index contributed by atoms with van der Waals surface area (Å²) in [5.41, 5.74) is 2.35. The van der Waals surface area contributed by atoms with Crippen LogP contribution < -0.4 is 10.1 Å². The van der Waals surface area contributed by atoms with Crippen molar-refractivity contribution in [1.82, 2.24) is 0 Å². The van der Waals surface area contributed by atoms with Gasteiger partial charge in [0.05, 0.1) is 12.2 Å². The number of carbonyl (C=O) groups excluding carboxylic acids is 1. The molecule has 0 atom stereocenters. The van der Waals surface area contributed by atoms with Crippen LogP contribution in [0.25, 0.3) is 0 Å². The number of aryl methyl sites for hydroxylation is 1. The summed E-state index contributed by atoms with van der Waals surface area (Å²) in [4.78, 5) is 12.4. The van der Waals surface area contributed by atoms with Gasteiger partial charge in [0.15, 0.2) is 0 Å². The van der Waals surface area contributed by atoms with Crippen LogP contribution in [0.15, 0.2) is 46.9 Å². The highest BCUT2D eigenvalue weighted by atomic mass is 79.9. The molecule has 2 aromatic carbocycles. The van der Waals surface area contributed by atoms with Crippen molar-refractivity contribution in [3.8, 4) is 5.75 Å². The highest BCUT2D eigenvalue weighted by molar-refractivity contribution is 9.10. The van der Waals surface area contributed by atoms with Crippen molar-refractivity contribution in [2.45, 2.75) is 20.3 Å². The van der Waals surface area contributed by atoms with Crippen LogP contribution in [0.1, 0.15) is 29.3 Å². The second-order valence-corrected chi connectivity index (χ2v) is 5.67. The van der Waals surface area contributed by atoms with E-state index < -0.39 is 0 Å². The van der Waals surface area contributed by atoms with Gasteiger partial charge in [-0.3, -0.25) is 4.79 Å². The van der Waals surface area contributed by atoms with E-state index in [0.717, 1.165) is 22.1 Å². The molecular formula is C17H18BrNO2. The number of para-hydroxylation sites is 1. The van der Waals surface area contributed by atoms with Gasteiger partial charge in [-0.25, -0.2) is 0 Å². The second-order valence-electron chi connectivity index (χ2n) is 4.76. The maximum Gasteiger partial charge on any atom is 0.259 e. The molecule has 0 saturated carbocycles. The fourth-order valence-electron chi connectivity index (χ4n) is 1.95. The maximum atomic E-state index is 12.4. The standard InChI is InChI=1S/C17H18BrNO2/c1-3-10-21-16-7-5-4-6-14(16)17(20)19-15-9-8-13(18)11-12(15)2/h4-9,11H,3,10H2,1-2H3,(H,19,20). The number of anilines is 1. The first-order valence-electron chi connectivity index (χ1n) is 6.91. The molecular weight excluding hydrogens is 330 g/mol. The molecule has 0 radical (unpaired) electrons. The summed E-state index contributed by atoms with van der Waals surface area (Å²) in [5, 5.41) is 2.93. The van der Waals surface area contributed by atoms with E-state index >= 15 is 0 Å². The zero-order valence-corrected chi connectivity index (χ0v) is 13.7. The predicted octanol–water partition coefficient (Wildman–Crippen LogP) is 4.80. The van der Waals surface area contributed by atoms with Crippen LogP contribution in [0, 0.1) is 6.92 Å². The van der Waals surface area contributed by atoms with E-state index in [1.54, 1.807) is 6.07 Å². The molecule has 110 valence electrons. The normalized spacial score (nSPS) is 10.2. The summed E-state index contributed by atoms with van der Waals surface area (Å²) in [6.45, 7) is 4.59. The molecule has 2 aromatic rings. The molecule has 0 fully saturated rings. The van der Waals surface area contributed by atoms with Gasteiger partial charge in [0.25, 0.3) is 5.91 Å². The summed E-state index contributed by atoms with van der Waals surface area (Å²) in [6.07, 6.45) is 0.905. The number of rotatable bonds is 5. The van der Waals surface area contributed by atoms with Crippen LogP contribution in [0.5, 0.6) is 5.75 Å². The van der Waals surface area contributed by atoms with Crippen LogP contribution in [-0.2, 0) is 0 Å². The zero-order valence-electron chi connectivity index (χ0n) is 12.2. The molecule has 0 unspecified atom stereocenters. The van der Waals surface area contributed by atoms with Crippen molar-refractivity contribution in [1.29, 1.82) is 0 Å². The van der Waals surface area contributed by atoms with Gasteiger partial charge in [0.2, 0.25) is 0 Å². The number of hydrogen-bond acceptors (Lipinski definition) is 2. The van der Waals surface area contributed by atoms with Gasteiger partial charge in [0, 0.05) is 10.2 Å². The average Bonchev–Trinajstić information content (AvgIpc) is 2.48. The monoisotopic (exact) mass is 347 g/mol. The molecule has 1 N–H and O–H groups in total. The SMILES string of the molecule is CCCOc1ccccc1C(=O)Nc1ccc(Br)cc1C. The Kier molecular flexibility index (Phi) is 5.39. The van der Waals surface area contributed by atoms with E-state index in [9.17, 15) is 4.79 Å². The van der Waals surface area contributed by atoms with Crippen LogP contribution in [0.2, 0.25) is 0 Å². The lowest BCUT2D eigenvalue weighted by molar-refractivity contribution is 0.102. The molecule has 1 amide bonds. The van der Waals surface area contributed by atoms with Gasteiger partial charge in [-0.2, -0.15) is 0 Å². The van der Waals surface area contributed by atoms with E-state index in [-0.39, 0.29) is 5.91 Å². The van der Waals surface area contributed by atoms with Crippen molar-refractivity contribution < 1.29 is 9.53 Å². The van der Waals surface area contributed by atoms with Crippen molar-refractivity contribution in [2.24, 2.45) is 0 Å². The summed E-state index contributed by atoms with van der Waals surface area (Å²) in [5.74, 6) is 0.457. The van der Waals surface area contributed by atoms with E-state index in [2.05, 4.69) is 21.2 Å². The first-order valence-corrected chi connectivity index (χ1v) is 7.70. The molecule has 21 heavy (non-hydrogen) atoms. The maximum absolute atomic E-state index is 12.4. The summed E-state index contributed by atoms with van der Waals surface area (Å²) >= 11 is 3.41. The lowest BCUT2D eigenvalue weighted by atomic mass is 10.1. The largest absolute Gasteiger partial charge is 0.493 e. The number of amides is 1. The Labute approximate surface area is 133 Å². The van der Waals surface area contributed by atoms with Gasteiger partial charge in [0.1, 0.15) is 5.75 Å². The molecule has 0 saturated heterocycles. The van der Waals surface area contributed by atoms with E-state index in [1.807, 2.05) is 50.2 Å². The molecule has 0 heterocycles. The minimum absolute atomic E-state index is 0.160. The van der Waals surface area contributed by atoms with E-state index in [1.165, 1.54) is 0 Å². The van der Waals surface area contributed by atoms with Crippen LogP contribution >= 0.6 is 15.9 Å². The van der Waals surface area contributed by atoms with Gasteiger partial charge < -0.3 is 10.1 Å². The van der Waals surface area contributed by atoms with Crippen molar-refractivity contribution >= 4 is 27.5 Å². The second kappa shape index (κ2) is 7.27. The Morgan fingerprint density at radius 1 is 1.24 bits per heavy atom. The number of hydrogen-bond donors (Lipinski definition) is 1. The molecule has 2 rings (SSSR count). The summed E-state index contributed by atoms with van der Waals surface area (Å²) in [6, 6.07) is 13.0. The van der Waals surface area contributed by atoms with Gasteiger partial charge in [-0.15, -0.1) is 0 Å². The average molecular weight is 348 g/mol. The topological polar surface area (TPSA) is 38.3 Å². The fraction of sp³-hybridized carbons (Fsp3) is 0.235. The Morgan fingerprint density at radius 2 is 2.00 bits per heavy atom. The highest BCUT2D eigenvalue weighted by Gasteiger charge is 2.13. The lowest BCUT2D eigenvalue weighted by Gasteiger charge is -2.12. The third-order valence-electron chi connectivity index (χ3n) is 3.03. The Hall–Kier alpha value is -1.81. The van der Waals surface area contributed by atoms with Crippen LogP contribution in [0.3, 0.4) is 0 Å². The third kappa shape index (κ3) is 4.08. The molecule has 4 heteroatoms. The minimum atomic E-state index is -0.160. The van der Waals surface area contributed by atoms with Crippen LogP contribution in [-0.4, -0.2) is 12.5 Å². The number of halogens is 1. The van der Waals surface area contributed by atoms with Gasteiger partial charge in [-0.1, -0.05) is 35.0 Å². The van der Waals surface area contributed by atoms with E-state index in [0.29, 0.717) is 17.9 Å². The molecule has 0 spiro atoms. The Bertz CT molecular complexity index is 640. The number of carbonyl (C=O) groups is 1. The van der Waals surface area contributed by atoms with Gasteiger partial charge >= 0.3 is 0 Å². The fourth-order valence-corrected chi connectivity index (χ4v) is 2.42. The first kappa shape index (κ1) is 15.6.